The van der Waals surface area contributed by atoms with Gasteiger partial charge in [0.05, 0.1) is 0 Å². The van der Waals surface area contributed by atoms with Gasteiger partial charge < -0.3 is 5.11 Å². The summed E-state index contributed by atoms with van der Waals surface area (Å²) in [6.07, 6.45) is 6.49. The quantitative estimate of drug-likeness (QED) is 0.626. The van der Waals surface area contributed by atoms with Gasteiger partial charge in [0.2, 0.25) is 0 Å². The van der Waals surface area contributed by atoms with E-state index in [4.69, 9.17) is 5.11 Å². The second-order valence-electron chi connectivity index (χ2n) is 3.64. The Hall–Kier alpha value is -0.0400. The number of hydrogen-bond acceptors (Lipinski definition) is 1. The minimum atomic E-state index is 0.388. The molecule has 1 saturated carbocycles. The van der Waals surface area contributed by atoms with E-state index in [-0.39, 0.29) is 0 Å². The first-order valence-electron chi connectivity index (χ1n) is 4.43. The van der Waals surface area contributed by atoms with Gasteiger partial charge in [-0.05, 0) is 18.3 Å². The molecular formula is C9H18O. The van der Waals surface area contributed by atoms with Gasteiger partial charge in [0, 0.05) is 6.61 Å². The molecule has 1 fully saturated rings. The van der Waals surface area contributed by atoms with Gasteiger partial charge in [-0.1, -0.05) is 32.6 Å². The third kappa shape index (κ3) is 2.30. The molecule has 0 bridgehead atoms. The van der Waals surface area contributed by atoms with Crippen molar-refractivity contribution in [3.8, 4) is 0 Å². The van der Waals surface area contributed by atoms with Gasteiger partial charge in [-0.25, -0.2) is 0 Å². The van der Waals surface area contributed by atoms with Crippen molar-refractivity contribution in [2.45, 2.75) is 39.0 Å². The summed E-state index contributed by atoms with van der Waals surface area (Å²) in [4.78, 5) is 0. The van der Waals surface area contributed by atoms with E-state index < -0.39 is 0 Å². The predicted octanol–water partition coefficient (Wildman–Crippen LogP) is 2.20. The first-order chi connectivity index (χ1) is 4.83. The lowest BCUT2D eigenvalue weighted by Gasteiger charge is -2.25. The SMILES string of the molecule is CC1CCC(CCO)CC1. The third-order valence-corrected chi connectivity index (χ3v) is 2.67. The van der Waals surface area contributed by atoms with Crippen molar-refractivity contribution in [2.24, 2.45) is 11.8 Å². The summed E-state index contributed by atoms with van der Waals surface area (Å²) in [5.74, 6) is 1.77. The van der Waals surface area contributed by atoms with Crippen LogP contribution in [0.3, 0.4) is 0 Å². The van der Waals surface area contributed by atoms with Crippen LogP contribution in [0.5, 0.6) is 0 Å². The monoisotopic (exact) mass is 142 g/mol. The molecule has 0 unspecified atom stereocenters. The Bertz CT molecular complexity index is 82.7. The Balaban J connectivity index is 2.13. The van der Waals surface area contributed by atoms with E-state index >= 15 is 0 Å². The summed E-state index contributed by atoms with van der Waals surface area (Å²) in [6.45, 7) is 2.72. The molecule has 0 heterocycles. The van der Waals surface area contributed by atoms with Crippen LogP contribution in [0, 0.1) is 11.8 Å². The molecule has 60 valence electrons. The minimum absolute atomic E-state index is 0.388. The summed E-state index contributed by atoms with van der Waals surface area (Å²) in [5, 5.41) is 8.68. The maximum atomic E-state index is 8.68. The van der Waals surface area contributed by atoms with Crippen LogP contribution in [0.2, 0.25) is 0 Å². The van der Waals surface area contributed by atoms with Gasteiger partial charge in [-0.15, -0.1) is 0 Å². The molecule has 0 radical (unpaired) electrons. The van der Waals surface area contributed by atoms with Crippen LogP contribution in [0.4, 0.5) is 0 Å². The van der Waals surface area contributed by atoms with E-state index in [0.717, 1.165) is 18.3 Å². The minimum Gasteiger partial charge on any atom is -0.396 e. The first kappa shape index (κ1) is 8.06. The highest BCUT2D eigenvalue weighted by Crippen LogP contribution is 2.29. The van der Waals surface area contributed by atoms with Crippen LogP contribution in [-0.4, -0.2) is 11.7 Å². The van der Waals surface area contributed by atoms with Gasteiger partial charge in [-0.3, -0.25) is 0 Å². The molecule has 1 aliphatic carbocycles. The normalized spacial score (nSPS) is 34.2. The van der Waals surface area contributed by atoms with Gasteiger partial charge in [0.25, 0.3) is 0 Å². The Labute approximate surface area is 63.4 Å². The van der Waals surface area contributed by atoms with E-state index in [1.54, 1.807) is 0 Å². The summed E-state index contributed by atoms with van der Waals surface area (Å²) in [7, 11) is 0. The zero-order chi connectivity index (χ0) is 7.40. The van der Waals surface area contributed by atoms with Crippen molar-refractivity contribution >= 4 is 0 Å². The number of aliphatic hydroxyl groups is 1. The van der Waals surface area contributed by atoms with Gasteiger partial charge in [-0.2, -0.15) is 0 Å². The number of rotatable bonds is 2. The summed E-state index contributed by atoms with van der Waals surface area (Å²) in [6, 6.07) is 0. The molecule has 1 N–H and O–H groups in total. The standard InChI is InChI=1S/C9H18O/c1-8-2-4-9(5-3-8)6-7-10/h8-10H,2-7H2,1H3. The van der Waals surface area contributed by atoms with Crippen LogP contribution in [0.15, 0.2) is 0 Å². The Kier molecular flexibility index (Phi) is 3.20. The zero-order valence-corrected chi connectivity index (χ0v) is 6.84. The predicted molar refractivity (Wildman–Crippen MR) is 42.8 cm³/mol. The fourth-order valence-corrected chi connectivity index (χ4v) is 1.80. The molecule has 1 aliphatic rings. The molecule has 1 heteroatoms. The maximum absolute atomic E-state index is 8.68. The molecule has 0 atom stereocenters. The van der Waals surface area contributed by atoms with Crippen molar-refractivity contribution in [3.05, 3.63) is 0 Å². The van der Waals surface area contributed by atoms with Crippen LogP contribution >= 0.6 is 0 Å². The first-order valence-corrected chi connectivity index (χ1v) is 4.43. The summed E-state index contributed by atoms with van der Waals surface area (Å²) < 4.78 is 0. The Morgan fingerprint density at radius 3 is 2.30 bits per heavy atom. The fraction of sp³-hybridized carbons (Fsp3) is 1.00. The van der Waals surface area contributed by atoms with Crippen molar-refractivity contribution in [3.63, 3.8) is 0 Å². The van der Waals surface area contributed by atoms with Crippen LogP contribution < -0.4 is 0 Å². The van der Waals surface area contributed by atoms with Crippen molar-refractivity contribution in [1.29, 1.82) is 0 Å². The maximum Gasteiger partial charge on any atom is 0.0433 e. The summed E-state index contributed by atoms with van der Waals surface area (Å²) >= 11 is 0. The van der Waals surface area contributed by atoms with Gasteiger partial charge in [0.1, 0.15) is 0 Å². The summed E-state index contributed by atoms with van der Waals surface area (Å²) in [5.41, 5.74) is 0. The smallest absolute Gasteiger partial charge is 0.0433 e. The second-order valence-corrected chi connectivity index (χ2v) is 3.64. The van der Waals surface area contributed by atoms with E-state index in [1.807, 2.05) is 0 Å². The average molecular weight is 142 g/mol. The van der Waals surface area contributed by atoms with Crippen molar-refractivity contribution < 1.29 is 5.11 Å². The van der Waals surface area contributed by atoms with E-state index in [0.29, 0.717) is 6.61 Å². The second kappa shape index (κ2) is 3.97. The molecule has 0 aromatic rings. The molecule has 0 spiro atoms. The molecule has 0 aromatic heterocycles. The largest absolute Gasteiger partial charge is 0.396 e. The highest BCUT2D eigenvalue weighted by atomic mass is 16.3. The van der Waals surface area contributed by atoms with E-state index in [2.05, 4.69) is 6.92 Å². The van der Waals surface area contributed by atoms with Crippen molar-refractivity contribution in [1.82, 2.24) is 0 Å². The molecule has 10 heavy (non-hydrogen) atoms. The van der Waals surface area contributed by atoms with Gasteiger partial charge >= 0.3 is 0 Å². The highest BCUT2D eigenvalue weighted by Gasteiger charge is 2.16. The molecule has 0 amide bonds. The Morgan fingerprint density at radius 1 is 1.20 bits per heavy atom. The average Bonchev–Trinajstić information content (AvgIpc) is 1.95. The molecule has 0 aromatic carbocycles. The van der Waals surface area contributed by atoms with Crippen LogP contribution in [-0.2, 0) is 0 Å². The lowest BCUT2D eigenvalue weighted by atomic mass is 9.82. The van der Waals surface area contributed by atoms with E-state index in [9.17, 15) is 0 Å². The third-order valence-electron chi connectivity index (χ3n) is 2.67. The zero-order valence-electron chi connectivity index (χ0n) is 6.84. The molecule has 0 saturated heterocycles. The van der Waals surface area contributed by atoms with Crippen LogP contribution in [0.1, 0.15) is 39.0 Å². The molecule has 0 aliphatic heterocycles. The number of hydrogen-bond donors (Lipinski definition) is 1. The lowest BCUT2D eigenvalue weighted by Crippen LogP contribution is -2.13. The molecular weight excluding hydrogens is 124 g/mol. The lowest BCUT2D eigenvalue weighted by molar-refractivity contribution is 0.211. The highest BCUT2D eigenvalue weighted by molar-refractivity contribution is 4.69. The Morgan fingerprint density at radius 2 is 1.80 bits per heavy atom. The van der Waals surface area contributed by atoms with Crippen LogP contribution in [0.25, 0.3) is 0 Å². The molecule has 1 rings (SSSR count). The topological polar surface area (TPSA) is 20.2 Å². The number of aliphatic hydroxyl groups excluding tert-OH is 1. The van der Waals surface area contributed by atoms with E-state index in [1.165, 1.54) is 25.7 Å². The van der Waals surface area contributed by atoms with Crippen molar-refractivity contribution in [2.75, 3.05) is 6.61 Å². The molecule has 1 nitrogen and oxygen atoms in total. The fourth-order valence-electron chi connectivity index (χ4n) is 1.80. The van der Waals surface area contributed by atoms with Gasteiger partial charge in [0.15, 0.2) is 0 Å².